The largest absolute Gasteiger partial charge is 0.417 e. The van der Waals surface area contributed by atoms with E-state index < -0.39 is 11.7 Å². The molecule has 2 heterocycles. The van der Waals surface area contributed by atoms with E-state index in [1.165, 1.54) is 0 Å². The highest BCUT2D eigenvalue weighted by Gasteiger charge is 2.31. The van der Waals surface area contributed by atoms with Crippen LogP contribution in [0.2, 0.25) is 5.02 Å². The first-order valence-corrected chi connectivity index (χ1v) is 6.40. The van der Waals surface area contributed by atoms with Gasteiger partial charge in [0, 0.05) is 18.1 Å². The number of hydrogen-bond donors (Lipinski definition) is 1. The van der Waals surface area contributed by atoms with Gasteiger partial charge in [0.15, 0.2) is 5.82 Å². The van der Waals surface area contributed by atoms with Gasteiger partial charge < -0.3 is 10.3 Å². The highest BCUT2D eigenvalue weighted by molar-refractivity contribution is 6.32. The molecule has 0 bridgehead atoms. The van der Waals surface area contributed by atoms with Crippen LogP contribution in [0.3, 0.4) is 0 Å². The second-order valence-electron chi connectivity index (χ2n) is 4.29. The normalized spacial score (nSPS) is 11.8. The van der Waals surface area contributed by atoms with Crippen molar-refractivity contribution in [1.29, 1.82) is 0 Å². The maximum Gasteiger partial charge on any atom is 0.417 e. The molecule has 2 N–H and O–H groups in total. The van der Waals surface area contributed by atoms with Crippen LogP contribution < -0.4 is 5.73 Å². The van der Waals surface area contributed by atoms with E-state index in [0.717, 1.165) is 24.4 Å². The van der Waals surface area contributed by atoms with E-state index in [2.05, 4.69) is 4.98 Å². The molecule has 3 nitrogen and oxygen atoms in total. The minimum Gasteiger partial charge on any atom is -0.330 e. The van der Waals surface area contributed by atoms with Crippen LogP contribution in [0, 0.1) is 0 Å². The number of pyridine rings is 1. The molecule has 0 amide bonds. The van der Waals surface area contributed by atoms with Gasteiger partial charge in [0.05, 0.1) is 10.6 Å². The number of halogens is 4. The smallest absolute Gasteiger partial charge is 0.330 e. The fourth-order valence-corrected chi connectivity index (χ4v) is 2.13. The van der Waals surface area contributed by atoms with Gasteiger partial charge in [0.2, 0.25) is 0 Å². The fourth-order valence-electron chi connectivity index (χ4n) is 1.87. The van der Waals surface area contributed by atoms with Crippen LogP contribution in [0.15, 0.2) is 30.6 Å². The quantitative estimate of drug-likeness (QED) is 0.940. The van der Waals surface area contributed by atoms with Crippen molar-refractivity contribution < 1.29 is 13.2 Å². The van der Waals surface area contributed by atoms with E-state index in [1.807, 2.05) is 6.07 Å². The Balaban J connectivity index is 2.37. The Labute approximate surface area is 119 Å². The van der Waals surface area contributed by atoms with Gasteiger partial charge in [-0.15, -0.1) is 0 Å². The van der Waals surface area contributed by atoms with Crippen molar-refractivity contribution >= 4 is 11.6 Å². The van der Waals surface area contributed by atoms with Crippen LogP contribution in [0.25, 0.3) is 5.82 Å². The van der Waals surface area contributed by atoms with Gasteiger partial charge in [-0.1, -0.05) is 11.6 Å². The average molecular weight is 304 g/mol. The van der Waals surface area contributed by atoms with Gasteiger partial charge >= 0.3 is 6.18 Å². The molecule has 0 unspecified atom stereocenters. The predicted octanol–water partition coefficient (Wildman–Crippen LogP) is 3.44. The summed E-state index contributed by atoms with van der Waals surface area (Å²) in [7, 11) is 0. The van der Waals surface area contributed by atoms with Gasteiger partial charge in [-0.3, -0.25) is 0 Å². The molecule has 0 aliphatic rings. The molecular weight excluding hydrogens is 291 g/mol. The van der Waals surface area contributed by atoms with Crippen molar-refractivity contribution in [3.8, 4) is 5.82 Å². The summed E-state index contributed by atoms with van der Waals surface area (Å²) in [6, 6.07) is 4.55. The minimum atomic E-state index is -4.45. The summed E-state index contributed by atoms with van der Waals surface area (Å²) in [5.41, 5.74) is 5.50. The molecule has 0 fully saturated rings. The summed E-state index contributed by atoms with van der Waals surface area (Å²) in [4.78, 5) is 3.84. The van der Waals surface area contributed by atoms with Crippen LogP contribution in [0.5, 0.6) is 0 Å². The highest BCUT2D eigenvalue weighted by Crippen LogP contribution is 2.32. The second-order valence-corrected chi connectivity index (χ2v) is 4.70. The van der Waals surface area contributed by atoms with Crippen molar-refractivity contribution in [3.63, 3.8) is 0 Å². The Kier molecular flexibility index (Phi) is 4.35. The van der Waals surface area contributed by atoms with Crippen LogP contribution in [0.1, 0.15) is 17.7 Å². The van der Waals surface area contributed by atoms with Crippen LogP contribution in [0.4, 0.5) is 13.2 Å². The van der Waals surface area contributed by atoms with E-state index in [0.29, 0.717) is 13.0 Å². The molecule has 2 aromatic heterocycles. The zero-order chi connectivity index (χ0) is 14.8. The van der Waals surface area contributed by atoms with Gasteiger partial charge in [0.1, 0.15) is 0 Å². The molecule has 0 aliphatic carbocycles. The van der Waals surface area contributed by atoms with Crippen molar-refractivity contribution in [2.24, 2.45) is 5.73 Å². The van der Waals surface area contributed by atoms with Crippen molar-refractivity contribution in [1.82, 2.24) is 9.55 Å². The fraction of sp³-hybridized carbons (Fsp3) is 0.308. The second kappa shape index (κ2) is 5.85. The molecule has 2 rings (SSSR count). The molecule has 0 radical (unpaired) electrons. The number of alkyl halides is 3. The van der Waals surface area contributed by atoms with Gasteiger partial charge in [0.25, 0.3) is 0 Å². The predicted molar refractivity (Wildman–Crippen MR) is 71.0 cm³/mol. The summed E-state index contributed by atoms with van der Waals surface area (Å²) in [6.07, 6.45) is -0.458. The summed E-state index contributed by atoms with van der Waals surface area (Å²) in [6.45, 7) is 0.541. The first kappa shape index (κ1) is 14.9. The SMILES string of the molecule is NCCCc1cccn1-c1ncc(C(F)(F)F)cc1Cl. The summed E-state index contributed by atoms with van der Waals surface area (Å²) >= 11 is 5.92. The van der Waals surface area contributed by atoms with Gasteiger partial charge in [-0.05, 0) is 37.6 Å². The molecule has 2 aromatic rings. The molecule has 108 valence electrons. The van der Waals surface area contributed by atoms with E-state index in [1.54, 1.807) is 16.8 Å². The zero-order valence-electron chi connectivity index (χ0n) is 10.5. The average Bonchev–Trinajstić information content (AvgIpc) is 2.83. The first-order chi connectivity index (χ1) is 9.43. The topological polar surface area (TPSA) is 43.8 Å². The molecule has 20 heavy (non-hydrogen) atoms. The maximum atomic E-state index is 12.6. The summed E-state index contributed by atoms with van der Waals surface area (Å²) < 4.78 is 39.4. The van der Waals surface area contributed by atoms with E-state index >= 15 is 0 Å². The number of rotatable bonds is 4. The standard InChI is InChI=1S/C13H13ClF3N3/c14-11-7-9(13(15,16)17)8-19-12(11)20-6-2-4-10(20)3-1-5-18/h2,4,6-8H,1,3,5,18H2. The number of hydrogen-bond acceptors (Lipinski definition) is 2. The third-order valence-corrected chi connectivity index (χ3v) is 3.13. The van der Waals surface area contributed by atoms with Crippen molar-refractivity contribution in [2.45, 2.75) is 19.0 Å². The van der Waals surface area contributed by atoms with E-state index in [4.69, 9.17) is 17.3 Å². The highest BCUT2D eigenvalue weighted by atomic mass is 35.5. The molecule has 0 aromatic carbocycles. The monoisotopic (exact) mass is 303 g/mol. The van der Waals surface area contributed by atoms with Crippen LogP contribution in [-0.2, 0) is 12.6 Å². The Morgan fingerprint density at radius 1 is 1.35 bits per heavy atom. The summed E-state index contributed by atoms with van der Waals surface area (Å²) in [5.74, 6) is 0.289. The molecule has 0 saturated carbocycles. The molecule has 7 heteroatoms. The summed E-state index contributed by atoms with van der Waals surface area (Å²) in [5, 5.41) is -0.0370. The van der Waals surface area contributed by atoms with E-state index in [-0.39, 0.29) is 10.8 Å². The first-order valence-electron chi connectivity index (χ1n) is 6.03. The molecule has 0 saturated heterocycles. The lowest BCUT2D eigenvalue weighted by atomic mass is 10.2. The number of nitrogens with two attached hydrogens (primary N) is 1. The van der Waals surface area contributed by atoms with Crippen LogP contribution in [-0.4, -0.2) is 16.1 Å². The third kappa shape index (κ3) is 3.13. The van der Waals surface area contributed by atoms with Gasteiger partial charge in [-0.25, -0.2) is 4.98 Å². The maximum absolute atomic E-state index is 12.6. The lowest BCUT2D eigenvalue weighted by Gasteiger charge is -2.12. The third-order valence-electron chi connectivity index (χ3n) is 2.85. The Hall–Kier alpha value is -1.53. The lowest BCUT2D eigenvalue weighted by Crippen LogP contribution is -2.09. The zero-order valence-corrected chi connectivity index (χ0v) is 11.2. The minimum absolute atomic E-state index is 0.0370. The molecule has 0 aliphatic heterocycles. The van der Waals surface area contributed by atoms with Crippen molar-refractivity contribution in [2.75, 3.05) is 6.54 Å². The molecular formula is C13H13ClF3N3. The van der Waals surface area contributed by atoms with Crippen molar-refractivity contribution in [3.05, 3.63) is 46.9 Å². The lowest BCUT2D eigenvalue weighted by molar-refractivity contribution is -0.137. The number of aromatic nitrogens is 2. The Morgan fingerprint density at radius 2 is 2.10 bits per heavy atom. The number of aryl methyl sites for hydroxylation is 1. The Morgan fingerprint density at radius 3 is 2.70 bits per heavy atom. The van der Waals surface area contributed by atoms with E-state index in [9.17, 15) is 13.2 Å². The van der Waals surface area contributed by atoms with Gasteiger partial charge in [-0.2, -0.15) is 13.2 Å². The molecule has 0 atom stereocenters. The molecule has 0 spiro atoms. The Bertz CT molecular complexity index is 593. The number of nitrogens with zero attached hydrogens (tertiary/aromatic N) is 2. The van der Waals surface area contributed by atoms with Crippen LogP contribution >= 0.6 is 11.6 Å².